The number of rotatable bonds is 6. The molecule has 0 unspecified atom stereocenters. The standard InChI is InChI=1S/C21H21FN4O4S/c22-19-7-6-17(31(28,29)25-10-12-30-13-11-25)14-18(19)21(27)24-20-8-9-23-26(20)15-16-4-2-1-3-5-16/h1-9,14H,10-13,15H2,(H,24,27). The number of morpholine rings is 1. The fraction of sp³-hybridized carbons (Fsp3) is 0.238. The van der Waals surface area contributed by atoms with E-state index in [1.54, 1.807) is 10.7 Å². The zero-order valence-electron chi connectivity index (χ0n) is 16.6. The van der Waals surface area contributed by atoms with Gasteiger partial charge in [0.25, 0.3) is 5.91 Å². The van der Waals surface area contributed by atoms with Gasteiger partial charge in [0.05, 0.1) is 36.4 Å². The van der Waals surface area contributed by atoms with Crippen LogP contribution in [0.15, 0.2) is 65.7 Å². The third-order valence-electron chi connectivity index (χ3n) is 4.92. The first kappa shape index (κ1) is 21.2. The van der Waals surface area contributed by atoms with Crippen molar-refractivity contribution in [2.45, 2.75) is 11.4 Å². The van der Waals surface area contributed by atoms with Crippen LogP contribution < -0.4 is 5.32 Å². The van der Waals surface area contributed by atoms with Gasteiger partial charge in [0, 0.05) is 19.2 Å². The lowest BCUT2D eigenvalue weighted by Gasteiger charge is -2.26. The average molecular weight is 444 g/mol. The second-order valence-corrected chi connectivity index (χ2v) is 8.91. The van der Waals surface area contributed by atoms with E-state index in [1.807, 2.05) is 30.3 Å². The SMILES string of the molecule is O=C(Nc1ccnn1Cc1ccccc1)c1cc(S(=O)(=O)N2CCOCC2)ccc1F. The van der Waals surface area contributed by atoms with Crippen molar-refractivity contribution in [3.05, 3.63) is 77.7 Å². The van der Waals surface area contributed by atoms with Gasteiger partial charge in [-0.15, -0.1) is 0 Å². The molecule has 1 saturated heterocycles. The lowest BCUT2D eigenvalue weighted by molar-refractivity contribution is 0.0730. The Balaban J connectivity index is 1.56. The van der Waals surface area contributed by atoms with Crippen LogP contribution in [0.25, 0.3) is 0 Å². The Kier molecular flexibility index (Phi) is 6.12. The molecule has 0 saturated carbocycles. The molecule has 10 heteroatoms. The van der Waals surface area contributed by atoms with Gasteiger partial charge < -0.3 is 10.1 Å². The molecule has 4 rings (SSSR count). The Bertz CT molecular complexity index is 1180. The molecule has 31 heavy (non-hydrogen) atoms. The van der Waals surface area contributed by atoms with Crippen molar-refractivity contribution >= 4 is 21.7 Å². The highest BCUT2D eigenvalue weighted by Gasteiger charge is 2.28. The number of hydrogen-bond acceptors (Lipinski definition) is 5. The van der Waals surface area contributed by atoms with Crippen molar-refractivity contribution in [3.63, 3.8) is 0 Å². The van der Waals surface area contributed by atoms with E-state index in [0.717, 1.165) is 23.8 Å². The van der Waals surface area contributed by atoms with E-state index in [0.29, 0.717) is 25.6 Å². The van der Waals surface area contributed by atoms with Gasteiger partial charge in [0.1, 0.15) is 11.6 Å². The molecule has 0 spiro atoms. The zero-order chi connectivity index (χ0) is 21.8. The minimum Gasteiger partial charge on any atom is -0.379 e. The van der Waals surface area contributed by atoms with Crippen molar-refractivity contribution in [1.29, 1.82) is 0 Å². The van der Waals surface area contributed by atoms with Crippen molar-refractivity contribution in [2.75, 3.05) is 31.6 Å². The van der Waals surface area contributed by atoms with Crippen LogP contribution in [0.1, 0.15) is 15.9 Å². The highest BCUT2D eigenvalue weighted by Crippen LogP contribution is 2.21. The van der Waals surface area contributed by atoms with Gasteiger partial charge >= 0.3 is 0 Å². The molecule has 3 aromatic rings. The maximum atomic E-state index is 14.4. The molecular formula is C21H21FN4O4S. The molecule has 2 aromatic carbocycles. The van der Waals surface area contributed by atoms with Gasteiger partial charge in [-0.25, -0.2) is 17.5 Å². The van der Waals surface area contributed by atoms with E-state index in [-0.39, 0.29) is 23.5 Å². The van der Waals surface area contributed by atoms with E-state index in [2.05, 4.69) is 10.4 Å². The van der Waals surface area contributed by atoms with Crippen molar-refractivity contribution in [1.82, 2.24) is 14.1 Å². The Morgan fingerprint density at radius 2 is 1.84 bits per heavy atom. The molecule has 2 heterocycles. The fourth-order valence-corrected chi connectivity index (χ4v) is 4.71. The largest absolute Gasteiger partial charge is 0.379 e. The Morgan fingerprint density at radius 1 is 1.10 bits per heavy atom. The first-order valence-corrected chi connectivity index (χ1v) is 11.1. The van der Waals surface area contributed by atoms with Gasteiger partial charge in [0.2, 0.25) is 10.0 Å². The van der Waals surface area contributed by atoms with Crippen LogP contribution in [0, 0.1) is 5.82 Å². The summed E-state index contributed by atoms with van der Waals surface area (Å²) in [6.45, 7) is 1.41. The van der Waals surface area contributed by atoms with Crippen molar-refractivity contribution in [3.8, 4) is 0 Å². The number of amides is 1. The number of hydrogen-bond donors (Lipinski definition) is 1. The Labute approximate surface area is 179 Å². The molecule has 8 nitrogen and oxygen atoms in total. The van der Waals surface area contributed by atoms with E-state index >= 15 is 0 Å². The smallest absolute Gasteiger partial charge is 0.259 e. The number of nitrogens with one attached hydrogen (secondary N) is 1. The number of halogens is 1. The molecule has 1 aliphatic rings. The minimum atomic E-state index is -3.86. The third-order valence-corrected chi connectivity index (χ3v) is 6.82. The van der Waals surface area contributed by atoms with E-state index in [9.17, 15) is 17.6 Å². The van der Waals surface area contributed by atoms with Gasteiger partial charge in [-0.05, 0) is 23.8 Å². The normalized spacial score (nSPS) is 15.0. The zero-order valence-corrected chi connectivity index (χ0v) is 17.4. The van der Waals surface area contributed by atoms with Crippen LogP contribution in [-0.2, 0) is 21.3 Å². The van der Waals surface area contributed by atoms with E-state index < -0.39 is 21.7 Å². The average Bonchev–Trinajstić information content (AvgIpc) is 3.21. The van der Waals surface area contributed by atoms with Crippen LogP contribution >= 0.6 is 0 Å². The quantitative estimate of drug-likeness (QED) is 0.630. The third kappa shape index (κ3) is 4.66. The summed E-state index contributed by atoms with van der Waals surface area (Å²) in [7, 11) is -3.86. The first-order chi connectivity index (χ1) is 14.9. The summed E-state index contributed by atoms with van der Waals surface area (Å²) in [6, 6.07) is 14.3. The minimum absolute atomic E-state index is 0.140. The van der Waals surface area contributed by atoms with Gasteiger partial charge in [0.15, 0.2) is 0 Å². The van der Waals surface area contributed by atoms with Crippen LogP contribution in [0.3, 0.4) is 0 Å². The summed E-state index contributed by atoms with van der Waals surface area (Å²) in [5, 5.41) is 6.81. The van der Waals surface area contributed by atoms with Crippen molar-refractivity contribution < 1.29 is 22.3 Å². The summed E-state index contributed by atoms with van der Waals surface area (Å²) in [4.78, 5) is 12.6. The highest BCUT2D eigenvalue weighted by molar-refractivity contribution is 7.89. The molecule has 162 valence electrons. The molecule has 1 fully saturated rings. The number of ether oxygens (including phenoxy) is 1. The lowest BCUT2D eigenvalue weighted by Crippen LogP contribution is -2.40. The monoisotopic (exact) mass is 444 g/mol. The molecule has 0 radical (unpaired) electrons. The number of carbonyl (C=O) groups is 1. The predicted octanol–water partition coefficient (Wildman–Crippen LogP) is 2.34. The number of aromatic nitrogens is 2. The summed E-state index contributed by atoms with van der Waals surface area (Å²) in [5.74, 6) is -1.20. The second-order valence-electron chi connectivity index (χ2n) is 6.97. The van der Waals surface area contributed by atoms with Crippen LogP contribution in [0.4, 0.5) is 10.2 Å². The number of benzene rings is 2. The Morgan fingerprint density at radius 3 is 2.58 bits per heavy atom. The maximum absolute atomic E-state index is 14.4. The number of nitrogens with zero attached hydrogens (tertiary/aromatic N) is 3. The van der Waals surface area contributed by atoms with Crippen molar-refractivity contribution in [2.24, 2.45) is 0 Å². The van der Waals surface area contributed by atoms with E-state index in [4.69, 9.17) is 4.74 Å². The summed E-state index contributed by atoms with van der Waals surface area (Å²) >= 11 is 0. The molecule has 1 aromatic heterocycles. The number of anilines is 1. The molecule has 0 atom stereocenters. The van der Waals surface area contributed by atoms with E-state index in [1.165, 1.54) is 10.5 Å². The van der Waals surface area contributed by atoms with Gasteiger partial charge in [-0.2, -0.15) is 9.40 Å². The molecule has 1 N–H and O–H groups in total. The number of sulfonamides is 1. The summed E-state index contributed by atoms with van der Waals surface area (Å²) in [5.41, 5.74) is 0.619. The number of carbonyl (C=O) groups excluding carboxylic acids is 1. The highest BCUT2D eigenvalue weighted by atomic mass is 32.2. The molecular weight excluding hydrogens is 423 g/mol. The molecule has 0 bridgehead atoms. The summed E-state index contributed by atoms with van der Waals surface area (Å²) in [6.07, 6.45) is 1.52. The lowest BCUT2D eigenvalue weighted by atomic mass is 10.2. The van der Waals surface area contributed by atoms with Crippen LogP contribution in [-0.4, -0.2) is 54.7 Å². The van der Waals surface area contributed by atoms with Gasteiger partial charge in [-0.3, -0.25) is 4.79 Å². The maximum Gasteiger partial charge on any atom is 0.259 e. The van der Waals surface area contributed by atoms with Crippen LogP contribution in [0.5, 0.6) is 0 Å². The first-order valence-electron chi connectivity index (χ1n) is 9.70. The fourth-order valence-electron chi connectivity index (χ4n) is 3.28. The molecule has 0 aliphatic carbocycles. The molecule has 1 amide bonds. The Hall–Kier alpha value is -3.08. The second kappa shape index (κ2) is 8.96. The predicted molar refractivity (Wildman–Crippen MR) is 112 cm³/mol. The summed E-state index contributed by atoms with van der Waals surface area (Å²) < 4.78 is 48.1. The topological polar surface area (TPSA) is 93.5 Å². The van der Waals surface area contributed by atoms with Gasteiger partial charge in [-0.1, -0.05) is 30.3 Å². The molecule has 1 aliphatic heterocycles. The van der Waals surface area contributed by atoms with Crippen LogP contribution in [0.2, 0.25) is 0 Å².